The van der Waals surface area contributed by atoms with Gasteiger partial charge in [0.25, 0.3) is 0 Å². The smallest absolute Gasteiger partial charge is 0.339 e. The Bertz CT molecular complexity index is 593. The Morgan fingerprint density at radius 3 is 2.76 bits per heavy atom. The van der Waals surface area contributed by atoms with E-state index in [9.17, 15) is 13.6 Å². The van der Waals surface area contributed by atoms with Crippen molar-refractivity contribution in [1.82, 2.24) is 9.78 Å². The Morgan fingerprint density at radius 2 is 2.12 bits per heavy atom. The highest BCUT2D eigenvalue weighted by atomic mass is 19.2. The first kappa shape index (κ1) is 11.3. The van der Waals surface area contributed by atoms with E-state index in [1.807, 2.05) is 0 Å². The highest BCUT2D eigenvalue weighted by molar-refractivity contribution is 5.94. The van der Waals surface area contributed by atoms with Crippen molar-refractivity contribution in [3.05, 3.63) is 41.6 Å². The van der Waals surface area contributed by atoms with E-state index in [4.69, 9.17) is 5.11 Å². The maximum Gasteiger partial charge on any atom is 0.339 e. The Hall–Kier alpha value is -2.24. The van der Waals surface area contributed by atoms with Gasteiger partial charge in [0.1, 0.15) is 11.3 Å². The number of carboxylic acid groups (broad SMARTS) is 1. The van der Waals surface area contributed by atoms with Crippen LogP contribution in [0.1, 0.15) is 10.4 Å². The second-order valence-corrected chi connectivity index (χ2v) is 3.47. The number of rotatable bonds is 2. The Labute approximate surface area is 95.1 Å². The lowest BCUT2D eigenvalue weighted by molar-refractivity contribution is 0.0697. The lowest BCUT2D eigenvalue weighted by Crippen LogP contribution is -1.99. The zero-order valence-electron chi connectivity index (χ0n) is 8.82. The summed E-state index contributed by atoms with van der Waals surface area (Å²) < 4.78 is 27.8. The van der Waals surface area contributed by atoms with Crippen LogP contribution in [0.3, 0.4) is 0 Å². The molecule has 0 amide bonds. The fraction of sp³-hybridized carbons (Fsp3) is 0.0909. The van der Waals surface area contributed by atoms with Crippen LogP contribution in [0.15, 0.2) is 24.4 Å². The van der Waals surface area contributed by atoms with Crippen molar-refractivity contribution in [2.45, 2.75) is 0 Å². The zero-order chi connectivity index (χ0) is 12.6. The zero-order valence-corrected chi connectivity index (χ0v) is 8.82. The van der Waals surface area contributed by atoms with E-state index < -0.39 is 17.6 Å². The van der Waals surface area contributed by atoms with Gasteiger partial charge in [0, 0.05) is 18.8 Å². The van der Waals surface area contributed by atoms with Crippen molar-refractivity contribution in [2.24, 2.45) is 7.05 Å². The third-order valence-electron chi connectivity index (χ3n) is 2.27. The van der Waals surface area contributed by atoms with E-state index in [1.54, 1.807) is 0 Å². The summed E-state index contributed by atoms with van der Waals surface area (Å²) in [4.78, 5) is 10.9. The number of aromatic nitrogens is 2. The van der Waals surface area contributed by atoms with Crippen molar-refractivity contribution >= 4 is 5.97 Å². The minimum absolute atomic E-state index is 0.0861. The molecule has 88 valence electrons. The van der Waals surface area contributed by atoms with Gasteiger partial charge in [-0.15, -0.1) is 0 Å². The molecule has 1 aromatic carbocycles. The molecule has 0 unspecified atom stereocenters. The van der Waals surface area contributed by atoms with E-state index in [0.717, 1.165) is 6.07 Å². The van der Waals surface area contributed by atoms with Gasteiger partial charge in [-0.2, -0.15) is 5.10 Å². The van der Waals surface area contributed by atoms with Crippen LogP contribution in [-0.2, 0) is 7.05 Å². The maximum absolute atomic E-state index is 13.5. The van der Waals surface area contributed by atoms with Crippen molar-refractivity contribution in [3.63, 3.8) is 0 Å². The standard InChI is InChI=1S/C11H8F2N2O2/c1-15-5-7(11(16)17)10(14-15)6-3-2-4-8(12)9(6)13/h2-5H,1H3,(H,16,17). The Morgan fingerprint density at radius 1 is 1.41 bits per heavy atom. The molecule has 1 aromatic heterocycles. The van der Waals surface area contributed by atoms with Crippen LogP contribution in [0.5, 0.6) is 0 Å². The minimum atomic E-state index is -1.24. The van der Waals surface area contributed by atoms with Gasteiger partial charge in [-0.25, -0.2) is 13.6 Å². The summed E-state index contributed by atoms with van der Waals surface area (Å²) in [6.45, 7) is 0. The number of carbonyl (C=O) groups is 1. The van der Waals surface area contributed by atoms with Crippen LogP contribution in [-0.4, -0.2) is 20.9 Å². The van der Waals surface area contributed by atoms with Gasteiger partial charge in [-0.3, -0.25) is 4.68 Å². The Balaban J connectivity index is 2.68. The average molecular weight is 238 g/mol. The summed E-state index contributed by atoms with van der Waals surface area (Å²) in [5.74, 6) is -3.38. The second-order valence-electron chi connectivity index (χ2n) is 3.47. The summed E-state index contributed by atoms with van der Waals surface area (Å²) in [5, 5.41) is 12.8. The van der Waals surface area contributed by atoms with Gasteiger partial charge in [-0.05, 0) is 12.1 Å². The molecule has 0 aliphatic heterocycles. The van der Waals surface area contributed by atoms with E-state index in [1.165, 1.54) is 30.1 Å². The Kier molecular flexibility index (Phi) is 2.63. The monoisotopic (exact) mass is 238 g/mol. The molecule has 2 aromatic rings. The number of aryl methyl sites for hydroxylation is 1. The summed E-state index contributed by atoms with van der Waals surface area (Å²) in [6.07, 6.45) is 1.24. The molecule has 0 aliphatic rings. The summed E-state index contributed by atoms with van der Waals surface area (Å²) in [7, 11) is 1.51. The topological polar surface area (TPSA) is 55.1 Å². The quantitative estimate of drug-likeness (QED) is 0.871. The molecule has 0 radical (unpaired) electrons. The van der Waals surface area contributed by atoms with Crippen LogP contribution in [0.25, 0.3) is 11.3 Å². The van der Waals surface area contributed by atoms with Crippen LogP contribution < -0.4 is 0 Å². The summed E-state index contributed by atoms with van der Waals surface area (Å²) in [5.41, 5.74) is -0.419. The molecule has 0 fully saturated rings. The molecule has 6 heteroatoms. The van der Waals surface area contributed by atoms with E-state index in [-0.39, 0.29) is 16.8 Å². The number of carboxylic acids is 1. The lowest BCUT2D eigenvalue weighted by atomic mass is 10.1. The molecule has 17 heavy (non-hydrogen) atoms. The predicted molar refractivity (Wildman–Crippen MR) is 55.5 cm³/mol. The largest absolute Gasteiger partial charge is 0.478 e. The van der Waals surface area contributed by atoms with Crippen LogP contribution in [0.4, 0.5) is 8.78 Å². The van der Waals surface area contributed by atoms with Crippen molar-refractivity contribution in [1.29, 1.82) is 0 Å². The van der Waals surface area contributed by atoms with Crippen LogP contribution >= 0.6 is 0 Å². The van der Waals surface area contributed by atoms with Gasteiger partial charge in [-0.1, -0.05) is 6.07 Å². The number of nitrogens with zero attached hydrogens (tertiary/aromatic N) is 2. The molecule has 0 saturated heterocycles. The molecule has 2 rings (SSSR count). The van der Waals surface area contributed by atoms with Crippen molar-refractivity contribution in [2.75, 3.05) is 0 Å². The second kappa shape index (κ2) is 3.97. The molecule has 1 N–H and O–H groups in total. The maximum atomic E-state index is 13.5. The van der Waals surface area contributed by atoms with Gasteiger partial charge in [0.05, 0.1) is 0 Å². The SMILES string of the molecule is Cn1cc(C(=O)O)c(-c2cccc(F)c2F)n1. The van der Waals surface area contributed by atoms with Crippen LogP contribution in [0, 0.1) is 11.6 Å². The molecule has 0 bridgehead atoms. The number of hydrogen-bond donors (Lipinski definition) is 1. The van der Waals surface area contributed by atoms with Gasteiger partial charge >= 0.3 is 5.97 Å². The highest BCUT2D eigenvalue weighted by Gasteiger charge is 2.20. The molecule has 0 atom stereocenters. The first-order valence-electron chi connectivity index (χ1n) is 4.72. The van der Waals surface area contributed by atoms with Crippen molar-refractivity contribution in [3.8, 4) is 11.3 Å². The number of halogens is 2. The van der Waals surface area contributed by atoms with E-state index in [0.29, 0.717) is 0 Å². The molecule has 0 spiro atoms. The molecule has 0 aliphatic carbocycles. The molecule has 4 nitrogen and oxygen atoms in total. The highest BCUT2D eigenvalue weighted by Crippen LogP contribution is 2.26. The van der Waals surface area contributed by atoms with Gasteiger partial charge in [0.2, 0.25) is 0 Å². The normalized spacial score (nSPS) is 10.5. The van der Waals surface area contributed by atoms with Crippen molar-refractivity contribution < 1.29 is 18.7 Å². The number of hydrogen-bond acceptors (Lipinski definition) is 2. The van der Waals surface area contributed by atoms with E-state index >= 15 is 0 Å². The van der Waals surface area contributed by atoms with Gasteiger partial charge in [0.15, 0.2) is 11.6 Å². The summed E-state index contributed by atoms with van der Waals surface area (Å²) in [6, 6.07) is 3.55. The third-order valence-corrected chi connectivity index (χ3v) is 2.27. The number of aromatic carboxylic acids is 1. The molecule has 1 heterocycles. The predicted octanol–water partition coefficient (Wildman–Crippen LogP) is 2.06. The van der Waals surface area contributed by atoms with Gasteiger partial charge < -0.3 is 5.11 Å². The fourth-order valence-electron chi connectivity index (χ4n) is 1.53. The average Bonchev–Trinajstić information content (AvgIpc) is 2.64. The third kappa shape index (κ3) is 1.89. The first-order valence-corrected chi connectivity index (χ1v) is 4.72. The molecular weight excluding hydrogens is 230 g/mol. The lowest BCUT2D eigenvalue weighted by Gasteiger charge is -2.01. The number of benzene rings is 1. The fourth-order valence-corrected chi connectivity index (χ4v) is 1.53. The summed E-state index contributed by atoms with van der Waals surface area (Å²) >= 11 is 0. The van der Waals surface area contributed by atoms with E-state index in [2.05, 4.69) is 5.10 Å². The molecular formula is C11H8F2N2O2. The molecule has 0 saturated carbocycles. The minimum Gasteiger partial charge on any atom is -0.478 e. The first-order chi connectivity index (χ1) is 8.00. The van der Waals surface area contributed by atoms with Crippen LogP contribution in [0.2, 0.25) is 0 Å².